The molecule has 4 rings (SSSR count). The number of hydrogen-bond acceptors (Lipinski definition) is 7. The van der Waals surface area contributed by atoms with Crippen LogP contribution in [0.3, 0.4) is 0 Å². The number of benzene rings is 1. The highest BCUT2D eigenvalue weighted by atomic mass is 32.2. The summed E-state index contributed by atoms with van der Waals surface area (Å²) in [5.74, 6) is -0.375. The third-order valence-corrected chi connectivity index (χ3v) is 7.45. The van der Waals surface area contributed by atoms with E-state index in [0.717, 1.165) is 25.0 Å². The summed E-state index contributed by atoms with van der Waals surface area (Å²) >= 11 is 0. The van der Waals surface area contributed by atoms with Crippen molar-refractivity contribution >= 4 is 33.4 Å². The summed E-state index contributed by atoms with van der Waals surface area (Å²) in [5.41, 5.74) is 1.81. The van der Waals surface area contributed by atoms with Gasteiger partial charge in [-0.2, -0.15) is 9.40 Å². The van der Waals surface area contributed by atoms with E-state index in [1.54, 1.807) is 42.3 Å². The van der Waals surface area contributed by atoms with Crippen molar-refractivity contribution in [1.82, 2.24) is 14.1 Å². The molecule has 3 heterocycles. The Balaban J connectivity index is 1.55. The number of nitrogens with zero attached hydrogens (tertiary/aromatic N) is 3. The molecule has 0 aliphatic carbocycles. The molecule has 0 saturated carbocycles. The Kier molecular flexibility index (Phi) is 7.43. The molecule has 1 atom stereocenters. The van der Waals surface area contributed by atoms with Crippen LogP contribution in [0.5, 0.6) is 0 Å². The molecule has 10 nitrogen and oxygen atoms in total. The second-order valence-corrected chi connectivity index (χ2v) is 9.95. The molecule has 1 aromatic heterocycles. The molecule has 2 saturated heterocycles. The van der Waals surface area contributed by atoms with Gasteiger partial charge in [0.05, 0.1) is 41.8 Å². The summed E-state index contributed by atoms with van der Waals surface area (Å²) in [7, 11) is -1.90. The van der Waals surface area contributed by atoms with Crippen LogP contribution >= 0.6 is 0 Å². The predicted molar refractivity (Wildman–Crippen MR) is 124 cm³/mol. The van der Waals surface area contributed by atoms with Gasteiger partial charge in [0, 0.05) is 51.1 Å². The smallest absolute Gasteiger partial charge is 0.248 e. The molecule has 0 bridgehead atoms. The maximum absolute atomic E-state index is 13.1. The summed E-state index contributed by atoms with van der Waals surface area (Å²) < 4.78 is 40.2. The number of ether oxygens (including phenoxy) is 2. The normalized spacial score (nSPS) is 19.7. The Morgan fingerprint density at radius 1 is 1.24 bits per heavy atom. The third kappa shape index (κ3) is 5.99. The number of rotatable bonds is 8. The summed E-state index contributed by atoms with van der Waals surface area (Å²) in [5, 5.41) is 10.2. The standard InChI is InChI=1S/C22H29N5O5S/c1-26-16-17(14-24-26)4-7-22(28)25-21-13-19(33(29,30)27-8-11-31-12-9-27)5-6-20(21)23-15-18-3-2-10-32-18/h4-7,13-14,16,18,23H,2-3,8-12,15H2,1H3,(H,25,28)/b7-4+. The highest BCUT2D eigenvalue weighted by Crippen LogP contribution is 2.28. The van der Waals surface area contributed by atoms with Gasteiger partial charge in [-0.3, -0.25) is 9.48 Å². The number of aromatic nitrogens is 2. The summed E-state index contributed by atoms with van der Waals surface area (Å²) in [6.07, 6.45) is 8.55. The van der Waals surface area contributed by atoms with Crippen LogP contribution in [0.25, 0.3) is 6.08 Å². The molecular weight excluding hydrogens is 446 g/mol. The van der Waals surface area contributed by atoms with E-state index in [1.165, 1.54) is 16.4 Å². The highest BCUT2D eigenvalue weighted by molar-refractivity contribution is 7.89. The Morgan fingerprint density at radius 2 is 2.06 bits per heavy atom. The topological polar surface area (TPSA) is 115 Å². The van der Waals surface area contributed by atoms with Crippen molar-refractivity contribution in [3.63, 3.8) is 0 Å². The van der Waals surface area contributed by atoms with Crippen LogP contribution in [0, 0.1) is 0 Å². The van der Waals surface area contributed by atoms with Crippen LogP contribution in [-0.4, -0.2) is 74.0 Å². The lowest BCUT2D eigenvalue weighted by Gasteiger charge is -2.26. The van der Waals surface area contributed by atoms with Crippen LogP contribution in [-0.2, 0) is 31.3 Å². The molecule has 2 fully saturated rings. The minimum Gasteiger partial charge on any atom is -0.381 e. The molecule has 1 amide bonds. The second kappa shape index (κ2) is 10.5. The quantitative estimate of drug-likeness (QED) is 0.558. The number of anilines is 2. The monoisotopic (exact) mass is 475 g/mol. The zero-order chi connectivity index (χ0) is 23.3. The molecule has 11 heteroatoms. The molecule has 33 heavy (non-hydrogen) atoms. The molecule has 2 aliphatic heterocycles. The third-order valence-electron chi connectivity index (χ3n) is 5.55. The Morgan fingerprint density at radius 3 is 2.76 bits per heavy atom. The van der Waals surface area contributed by atoms with Crippen molar-refractivity contribution in [2.75, 3.05) is 50.1 Å². The Labute approximate surface area is 193 Å². The largest absolute Gasteiger partial charge is 0.381 e. The first-order valence-corrected chi connectivity index (χ1v) is 12.4. The minimum absolute atomic E-state index is 0.0933. The fourth-order valence-electron chi connectivity index (χ4n) is 3.78. The lowest BCUT2D eigenvalue weighted by atomic mass is 10.2. The van der Waals surface area contributed by atoms with E-state index in [-0.39, 0.29) is 16.9 Å². The van der Waals surface area contributed by atoms with Gasteiger partial charge in [0.25, 0.3) is 0 Å². The van der Waals surface area contributed by atoms with E-state index in [0.29, 0.717) is 44.2 Å². The lowest BCUT2D eigenvalue weighted by molar-refractivity contribution is -0.111. The van der Waals surface area contributed by atoms with E-state index in [4.69, 9.17) is 9.47 Å². The second-order valence-electron chi connectivity index (χ2n) is 8.01. The first-order valence-electron chi connectivity index (χ1n) is 11.0. The number of aryl methyl sites for hydroxylation is 1. The maximum Gasteiger partial charge on any atom is 0.248 e. The highest BCUT2D eigenvalue weighted by Gasteiger charge is 2.27. The van der Waals surface area contributed by atoms with Crippen molar-refractivity contribution in [1.29, 1.82) is 0 Å². The van der Waals surface area contributed by atoms with E-state index in [9.17, 15) is 13.2 Å². The molecule has 1 unspecified atom stereocenters. The average molecular weight is 476 g/mol. The van der Waals surface area contributed by atoms with Crippen molar-refractivity contribution in [2.45, 2.75) is 23.8 Å². The minimum atomic E-state index is -3.70. The Hall–Kier alpha value is -2.73. The number of carbonyl (C=O) groups excluding carboxylic acids is 1. The van der Waals surface area contributed by atoms with Crippen LogP contribution in [0.15, 0.2) is 41.6 Å². The molecular formula is C22H29N5O5S. The SMILES string of the molecule is Cn1cc(/C=C/C(=O)Nc2cc(S(=O)(=O)N3CCOCC3)ccc2NCC2CCCO2)cn1. The zero-order valence-electron chi connectivity index (χ0n) is 18.6. The number of carbonyl (C=O) groups is 1. The molecule has 1 aromatic carbocycles. The van der Waals surface area contributed by atoms with Crippen molar-refractivity contribution < 1.29 is 22.7 Å². The number of amides is 1. The molecule has 0 spiro atoms. The van der Waals surface area contributed by atoms with Crippen molar-refractivity contribution in [2.24, 2.45) is 7.05 Å². The van der Waals surface area contributed by atoms with Gasteiger partial charge >= 0.3 is 0 Å². The van der Waals surface area contributed by atoms with Crippen LogP contribution in [0.2, 0.25) is 0 Å². The van der Waals surface area contributed by atoms with E-state index in [1.807, 2.05) is 0 Å². The number of sulfonamides is 1. The van der Waals surface area contributed by atoms with Crippen molar-refractivity contribution in [3.05, 3.63) is 42.2 Å². The van der Waals surface area contributed by atoms with Gasteiger partial charge in [0.2, 0.25) is 15.9 Å². The summed E-state index contributed by atoms with van der Waals surface area (Å²) in [6.45, 7) is 2.65. The maximum atomic E-state index is 13.1. The van der Waals surface area contributed by atoms with Crippen LogP contribution in [0.1, 0.15) is 18.4 Å². The fraction of sp³-hybridized carbons (Fsp3) is 0.455. The number of nitrogens with one attached hydrogen (secondary N) is 2. The Bertz CT molecular complexity index is 1100. The molecule has 178 valence electrons. The molecule has 2 N–H and O–H groups in total. The average Bonchev–Trinajstić information content (AvgIpc) is 3.49. The van der Waals surface area contributed by atoms with E-state index in [2.05, 4.69) is 15.7 Å². The van der Waals surface area contributed by atoms with Crippen molar-refractivity contribution in [3.8, 4) is 0 Å². The zero-order valence-corrected chi connectivity index (χ0v) is 19.4. The van der Waals surface area contributed by atoms with Crippen LogP contribution < -0.4 is 10.6 Å². The summed E-state index contributed by atoms with van der Waals surface area (Å²) in [6, 6.07) is 4.74. The van der Waals surface area contributed by atoms with Gasteiger partial charge in [-0.15, -0.1) is 0 Å². The molecule has 2 aromatic rings. The van der Waals surface area contributed by atoms with E-state index < -0.39 is 10.0 Å². The predicted octanol–water partition coefficient (Wildman–Crippen LogP) is 1.68. The van der Waals surface area contributed by atoms with Gasteiger partial charge in [-0.05, 0) is 37.1 Å². The number of hydrogen-bond donors (Lipinski definition) is 2. The molecule has 2 aliphatic rings. The molecule has 0 radical (unpaired) electrons. The van der Waals surface area contributed by atoms with Gasteiger partial charge in [-0.1, -0.05) is 0 Å². The van der Waals surface area contributed by atoms with Crippen LogP contribution in [0.4, 0.5) is 11.4 Å². The van der Waals surface area contributed by atoms with Gasteiger partial charge < -0.3 is 20.1 Å². The van der Waals surface area contributed by atoms with E-state index >= 15 is 0 Å². The first kappa shape index (κ1) is 23.4. The lowest BCUT2D eigenvalue weighted by Crippen LogP contribution is -2.40. The number of morpholine rings is 1. The fourth-order valence-corrected chi connectivity index (χ4v) is 5.21. The van der Waals surface area contributed by atoms with Gasteiger partial charge in [-0.25, -0.2) is 8.42 Å². The first-order chi connectivity index (χ1) is 15.9. The summed E-state index contributed by atoms with van der Waals surface area (Å²) in [4.78, 5) is 12.7. The van der Waals surface area contributed by atoms with Gasteiger partial charge in [0.15, 0.2) is 0 Å². The van der Waals surface area contributed by atoms with Gasteiger partial charge in [0.1, 0.15) is 0 Å².